The Morgan fingerprint density at radius 3 is 2.35 bits per heavy atom. The zero-order valence-corrected chi connectivity index (χ0v) is 10.8. The van der Waals surface area contributed by atoms with Crippen LogP contribution >= 0.6 is 11.6 Å². The summed E-state index contributed by atoms with van der Waals surface area (Å²) in [7, 11) is 0. The first-order chi connectivity index (χ1) is 9.48. The molecule has 0 saturated carbocycles. The van der Waals surface area contributed by atoms with E-state index in [-0.39, 0.29) is 17.5 Å². The SMILES string of the molecule is FC(F)(F)Oc1ccccc1Oc1cccc(CCl)n1. The maximum atomic E-state index is 12.3. The van der Waals surface area contributed by atoms with E-state index >= 15 is 0 Å². The van der Waals surface area contributed by atoms with Crippen LogP contribution in [0, 0.1) is 0 Å². The van der Waals surface area contributed by atoms with Crippen molar-refractivity contribution in [2.45, 2.75) is 12.2 Å². The van der Waals surface area contributed by atoms with Gasteiger partial charge in [0.1, 0.15) is 0 Å². The minimum Gasteiger partial charge on any atom is -0.435 e. The van der Waals surface area contributed by atoms with Gasteiger partial charge in [-0.05, 0) is 18.2 Å². The Hall–Kier alpha value is -1.95. The van der Waals surface area contributed by atoms with Gasteiger partial charge in [-0.2, -0.15) is 0 Å². The summed E-state index contributed by atoms with van der Waals surface area (Å²) >= 11 is 5.63. The van der Waals surface area contributed by atoms with E-state index in [9.17, 15) is 13.2 Å². The van der Waals surface area contributed by atoms with Crippen molar-refractivity contribution in [3.05, 3.63) is 48.2 Å². The van der Waals surface area contributed by atoms with Gasteiger partial charge in [0, 0.05) is 6.07 Å². The van der Waals surface area contributed by atoms with Crippen LogP contribution in [0.25, 0.3) is 0 Å². The fourth-order valence-electron chi connectivity index (χ4n) is 1.44. The van der Waals surface area contributed by atoms with Gasteiger partial charge in [-0.3, -0.25) is 0 Å². The molecule has 0 aliphatic heterocycles. The number of ether oxygens (including phenoxy) is 2. The van der Waals surface area contributed by atoms with Crippen molar-refractivity contribution in [3.8, 4) is 17.4 Å². The van der Waals surface area contributed by atoms with Crippen LogP contribution in [0.1, 0.15) is 5.69 Å². The zero-order chi connectivity index (χ0) is 14.6. The molecule has 0 atom stereocenters. The number of benzene rings is 1. The number of pyridine rings is 1. The molecule has 2 rings (SSSR count). The number of para-hydroxylation sites is 2. The number of rotatable bonds is 4. The number of aromatic nitrogens is 1. The first kappa shape index (κ1) is 14.5. The molecule has 0 unspecified atom stereocenters. The van der Waals surface area contributed by atoms with Crippen LogP contribution in [0.5, 0.6) is 17.4 Å². The molecule has 0 fully saturated rings. The van der Waals surface area contributed by atoms with Crippen LogP contribution in [0.15, 0.2) is 42.5 Å². The number of nitrogens with zero attached hydrogens (tertiary/aromatic N) is 1. The summed E-state index contributed by atoms with van der Waals surface area (Å²) in [5.74, 6) is -0.193. The molecule has 20 heavy (non-hydrogen) atoms. The smallest absolute Gasteiger partial charge is 0.435 e. The van der Waals surface area contributed by atoms with Crippen LogP contribution in [0.3, 0.4) is 0 Å². The van der Waals surface area contributed by atoms with Crippen LogP contribution < -0.4 is 9.47 Å². The lowest BCUT2D eigenvalue weighted by molar-refractivity contribution is -0.275. The summed E-state index contributed by atoms with van der Waals surface area (Å²) in [5.41, 5.74) is 0.554. The summed E-state index contributed by atoms with van der Waals surface area (Å²) in [6.45, 7) is 0. The third-order valence-corrected chi connectivity index (χ3v) is 2.48. The molecule has 7 heteroatoms. The second-order valence-corrected chi connectivity index (χ2v) is 3.96. The number of hydrogen-bond donors (Lipinski definition) is 0. The number of halogens is 4. The molecular weight excluding hydrogens is 295 g/mol. The van der Waals surface area contributed by atoms with Crippen molar-refractivity contribution in [3.63, 3.8) is 0 Å². The van der Waals surface area contributed by atoms with Gasteiger partial charge < -0.3 is 9.47 Å². The average Bonchev–Trinajstić information content (AvgIpc) is 2.40. The number of hydrogen-bond acceptors (Lipinski definition) is 3. The Labute approximate surface area is 117 Å². The molecule has 0 spiro atoms. The summed E-state index contributed by atoms with van der Waals surface area (Å²) in [5, 5.41) is 0. The summed E-state index contributed by atoms with van der Waals surface area (Å²) in [6.07, 6.45) is -4.79. The van der Waals surface area contributed by atoms with Crippen molar-refractivity contribution >= 4 is 11.6 Å². The highest BCUT2D eigenvalue weighted by Gasteiger charge is 2.32. The predicted molar refractivity (Wildman–Crippen MR) is 67.0 cm³/mol. The van der Waals surface area contributed by atoms with Crippen molar-refractivity contribution in [1.82, 2.24) is 4.98 Å². The van der Waals surface area contributed by atoms with Gasteiger partial charge in [-0.1, -0.05) is 18.2 Å². The third-order valence-electron chi connectivity index (χ3n) is 2.21. The molecule has 1 aromatic heterocycles. The van der Waals surface area contributed by atoms with Crippen molar-refractivity contribution < 1.29 is 22.6 Å². The summed E-state index contributed by atoms with van der Waals surface area (Å²) in [6, 6.07) is 10.3. The van der Waals surface area contributed by atoms with E-state index in [1.54, 1.807) is 12.1 Å². The highest BCUT2D eigenvalue weighted by atomic mass is 35.5. The van der Waals surface area contributed by atoms with Crippen molar-refractivity contribution in [2.75, 3.05) is 0 Å². The van der Waals surface area contributed by atoms with E-state index < -0.39 is 12.1 Å². The third kappa shape index (κ3) is 4.03. The van der Waals surface area contributed by atoms with Gasteiger partial charge in [0.25, 0.3) is 0 Å². The second kappa shape index (κ2) is 6.00. The van der Waals surface area contributed by atoms with E-state index in [2.05, 4.69) is 9.72 Å². The van der Waals surface area contributed by atoms with Gasteiger partial charge in [-0.25, -0.2) is 4.98 Å². The minimum atomic E-state index is -4.79. The van der Waals surface area contributed by atoms with E-state index in [1.165, 1.54) is 24.3 Å². The molecule has 0 bridgehead atoms. The fraction of sp³-hybridized carbons (Fsp3) is 0.154. The highest BCUT2D eigenvalue weighted by Crippen LogP contribution is 2.34. The van der Waals surface area contributed by atoms with E-state index in [1.807, 2.05) is 0 Å². The Kier molecular flexibility index (Phi) is 4.34. The van der Waals surface area contributed by atoms with E-state index in [4.69, 9.17) is 16.3 Å². The average molecular weight is 304 g/mol. The maximum Gasteiger partial charge on any atom is 0.573 e. The minimum absolute atomic E-state index is 0.0796. The quantitative estimate of drug-likeness (QED) is 0.779. The highest BCUT2D eigenvalue weighted by molar-refractivity contribution is 6.16. The Balaban J connectivity index is 2.24. The van der Waals surface area contributed by atoms with Crippen LogP contribution in [0.2, 0.25) is 0 Å². The molecule has 0 aliphatic carbocycles. The molecule has 0 aliphatic rings. The molecule has 0 radical (unpaired) electrons. The summed E-state index contributed by atoms with van der Waals surface area (Å²) in [4.78, 5) is 4.03. The molecule has 2 aromatic rings. The predicted octanol–water partition coefficient (Wildman–Crippen LogP) is 4.51. The normalized spacial score (nSPS) is 11.2. The molecule has 0 amide bonds. The van der Waals surface area contributed by atoms with Gasteiger partial charge in [-0.15, -0.1) is 24.8 Å². The van der Waals surface area contributed by atoms with Crippen LogP contribution in [-0.4, -0.2) is 11.3 Å². The first-order valence-electron chi connectivity index (χ1n) is 5.52. The number of alkyl halides is 4. The first-order valence-corrected chi connectivity index (χ1v) is 6.06. The van der Waals surface area contributed by atoms with E-state index in [0.29, 0.717) is 5.69 Å². The zero-order valence-electron chi connectivity index (χ0n) is 10.0. The Morgan fingerprint density at radius 1 is 1.00 bits per heavy atom. The lowest BCUT2D eigenvalue weighted by atomic mass is 10.3. The monoisotopic (exact) mass is 303 g/mol. The standard InChI is InChI=1S/C13H9ClF3NO2/c14-8-9-4-3-7-12(18-9)19-10-5-1-2-6-11(10)20-13(15,16)17/h1-7H,8H2. The lowest BCUT2D eigenvalue weighted by Gasteiger charge is -2.13. The van der Waals surface area contributed by atoms with Gasteiger partial charge in [0.05, 0.1) is 11.6 Å². The van der Waals surface area contributed by atoms with Gasteiger partial charge in [0.15, 0.2) is 11.5 Å². The van der Waals surface area contributed by atoms with Crippen molar-refractivity contribution in [2.24, 2.45) is 0 Å². The second-order valence-electron chi connectivity index (χ2n) is 3.70. The Morgan fingerprint density at radius 2 is 1.70 bits per heavy atom. The van der Waals surface area contributed by atoms with Crippen LogP contribution in [-0.2, 0) is 5.88 Å². The van der Waals surface area contributed by atoms with Crippen LogP contribution in [0.4, 0.5) is 13.2 Å². The Bertz CT molecular complexity index is 590. The fourth-order valence-corrected chi connectivity index (χ4v) is 1.59. The molecule has 1 heterocycles. The summed E-state index contributed by atoms with van der Waals surface area (Å²) < 4.78 is 46.0. The molecular formula is C13H9ClF3NO2. The maximum absolute atomic E-state index is 12.3. The topological polar surface area (TPSA) is 31.4 Å². The largest absolute Gasteiger partial charge is 0.573 e. The lowest BCUT2D eigenvalue weighted by Crippen LogP contribution is -2.17. The molecule has 3 nitrogen and oxygen atoms in total. The molecule has 106 valence electrons. The van der Waals surface area contributed by atoms with E-state index in [0.717, 1.165) is 6.07 Å². The molecule has 0 N–H and O–H groups in total. The van der Waals surface area contributed by atoms with Crippen molar-refractivity contribution in [1.29, 1.82) is 0 Å². The van der Waals surface area contributed by atoms with Gasteiger partial charge in [0.2, 0.25) is 5.88 Å². The van der Waals surface area contributed by atoms with Gasteiger partial charge >= 0.3 is 6.36 Å². The molecule has 1 aromatic carbocycles. The molecule has 0 saturated heterocycles.